The van der Waals surface area contributed by atoms with Crippen molar-refractivity contribution < 1.29 is 22.4 Å². The molecule has 1 N–H and O–H groups in total. The fourth-order valence-corrected chi connectivity index (χ4v) is 4.63. The lowest BCUT2D eigenvalue weighted by Gasteiger charge is -2.06. The van der Waals surface area contributed by atoms with Crippen LogP contribution in [0.4, 0.5) is 18.3 Å². The highest BCUT2D eigenvalue weighted by molar-refractivity contribution is 7.14. The monoisotopic (exact) mass is 484 g/mol. The van der Waals surface area contributed by atoms with Crippen molar-refractivity contribution in [2.24, 2.45) is 0 Å². The van der Waals surface area contributed by atoms with Gasteiger partial charge in [-0.2, -0.15) is 13.2 Å². The number of thiazole rings is 1. The number of nitrogens with zero attached hydrogens (tertiary/aromatic N) is 3. The van der Waals surface area contributed by atoms with Gasteiger partial charge in [0.05, 0.1) is 11.3 Å². The van der Waals surface area contributed by atoms with Gasteiger partial charge in [0.2, 0.25) is 17.7 Å². The lowest BCUT2D eigenvalue weighted by molar-refractivity contribution is -0.137. The summed E-state index contributed by atoms with van der Waals surface area (Å²) in [6.45, 7) is 0. The lowest BCUT2D eigenvalue weighted by Crippen LogP contribution is -2.12. The normalized spacial score (nSPS) is 13.1. The topological polar surface area (TPSA) is 80.9 Å². The molecule has 2 heterocycles. The molecule has 5 rings (SSSR count). The minimum atomic E-state index is -4.47. The maximum atomic E-state index is 12.9. The molecular weight excluding hydrogens is 465 g/mol. The van der Waals surface area contributed by atoms with E-state index in [1.54, 1.807) is 0 Å². The van der Waals surface area contributed by atoms with Crippen LogP contribution in [0.2, 0.25) is 0 Å². The molecule has 174 valence electrons. The van der Waals surface area contributed by atoms with Crippen molar-refractivity contribution in [3.63, 3.8) is 0 Å². The summed E-state index contributed by atoms with van der Waals surface area (Å²) < 4.78 is 44.2. The van der Waals surface area contributed by atoms with E-state index in [9.17, 15) is 18.0 Å². The van der Waals surface area contributed by atoms with Crippen LogP contribution in [0.25, 0.3) is 22.7 Å². The standard InChI is InChI=1S/C24H19F3N4O2S/c25-24(26,27)18-6-2-5-17(12-18)22-31-30-21(33-22)10-9-20(32)29-23-28-19(13-34-23)16-8-7-14-3-1-4-15(14)11-16/h2,5-8,11-13H,1,3-4,9-10H2,(H,28,29,32). The molecule has 6 nitrogen and oxygen atoms in total. The molecule has 1 aliphatic rings. The Morgan fingerprint density at radius 2 is 1.91 bits per heavy atom. The van der Waals surface area contributed by atoms with E-state index in [0.717, 1.165) is 36.2 Å². The highest BCUT2D eigenvalue weighted by Gasteiger charge is 2.30. The van der Waals surface area contributed by atoms with Gasteiger partial charge < -0.3 is 9.73 Å². The number of hydrogen-bond acceptors (Lipinski definition) is 6. The smallest absolute Gasteiger partial charge is 0.416 e. The Kier molecular flexibility index (Phi) is 5.91. The number of halogens is 3. The highest BCUT2D eigenvalue weighted by atomic mass is 32.1. The molecule has 0 saturated heterocycles. The fraction of sp³-hybridized carbons (Fsp3) is 0.250. The summed E-state index contributed by atoms with van der Waals surface area (Å²) in [6.07, 6.45) is -0.859. The zero-order valence-corrected chi connectivity index (χ0v) is 18.7. The van der Waals surface area contributed by atoms with Gasteiger partial charge >= 0.3 is 6.18 Å². The third kappa shape index (κ3) is 4.86. The lowest BCUT2D eigenvalue weighted by atomic mass is 10.1. The molecule has 10 heteroatoms. The van der Waals surface area contributed by atoms with Crippen molar-refractivity contribution in [3.8, 4) is 22.7 Å². The molecule has 0 bridgehead atoms. The number of aryl methyl sites for hydroxylation is 3. The number of alkyl halides is 3. The number of hydrogen-bond donors (Lipinski definition) is 1. The molecule has 1 aliphatic carbocycles. The summed E-state index contributed by atoms with van der Waals surface area (Å²) in [6, 6.07) is 11.0. The molecule has 4 aromatic rings. The first-order chi connectivity index (χ1) is 16.3. The number of anilines is 1. The summed E-state index contributed by atoms with van der Waals surface area (Å²) >= 11 is 1.35. The van der Waals surface area contributed by atoms with E-state index in [2.05, 4.69) is 38.7 Å². The van der Waals surface area contributed by atoms with Crippen molar-refractivity contribution in [2.75, 3.05) is 5.32 Å². The van der Waals surface area contributed by atoms with Gasteiger partial charge in [-0.15, -0.1) is 21.5 Å². The molecule has 0 saturated carbocycles. The first-order valence-corrected chi connectivity index (χ1v) is 11.6. The molecular formula is C24H19F3N4O2S. The van der Waals surface area contributed by atoms with E-state index >= 15 is 0 Å². The molecule has 2 aromatic carbocycles. The number of benzene rings is 2. The zero-order valence-electron chi connectivity index (χ0n) is 17.9. The van der Waals surface area contributed by atoms with Gasteiger partial charge in [0.1, 0.15) is 0 Å². The van der Waals surface area contributed by atoms with Crippen molar-refractivity contribution in [1.29, 1.82) is 0 Å². The van der Waals surface area contributed by atoms with Crippen LogP contribution in [0, 0.1) is 0 Å². The number of rotatable bonds is 6. The van der Waals surface area contributed by atoms with Crippen LogP contribution in [0.15, 0.2) is 52.3 Å². The molecule has 0 aliphatic heterocycles. The van der Waals surface area contributed by atoms with Crippen LogP contribution in [-0.2, 0) is 30.2 Å². The largest absolute Gasteiger partial charge is 0.421 e. The highest BCUT2D eigenvalue weighted by Crippen LogP contribution is 2.32. The summed E-state index contributed by atoms with van der Waals surface area (Å²) in [5.41, 5.74) is 3.97. The maximum absolute atomic E-state index is 12.9. The molecule has 2 aromatic heterocycles. The summed E-state index contributed by atoms with van der Waals surface area (Å²) in [7, 11) is 0. The fourth-order valence-electron chi connectivity index (χ4n) is 3.90. The van der Waals surface area contributed by atoms with Crippen LogP contribution in [-0.4, -0.2) is 21.1 Å². The van der Waals surface area contributed by atoms with Crippen LogP contribution < -0.4 is 5.32 Å². The minimum absolute atomic E-state index is 0.0274. The third-order valence-electron chi connectivity index (χ3n) is 5.61. The number of carbonyl (C=O) groups excluding carboxylic acids is 1. The van der Waals surface area contributed by atoms with Gasteiger partial charge in [0.15, 0.2) is 5.13 Å². The van der Waals surface area contributed by atoms with Gasteiger partial charge in [-0.25, -0.2) is 4.98 Å². The second-order valence-electron chi connectivity index (χ2n) is 8.00. The molecule has 0 fully saturated rings. The van der Waals surface area contributed by atoms with E-state index in [-0.39, 0.29) is 36.1 Å². The zero-order chi connectivity index (χ0) is 23.7. The Morgan fingerprint density at radius 3 is 2.76 bits per heavy atom. The second kappa shape index (κ2) is 9.02. The Bertz CT molecular complexity index is 1350. The minimum Gasteiger partial charge on any atom is -0.421 e. The van der Waals surface area contributed by atoms with E-state index in [1.165, 1.54) is 41.0 Å². The van der Waals surface area contributed by atoms with Crippen molar-refractivity contribution >= 4 is 22.4 Å². The van der Waals surface area contributed by atoms with Gasteiger partial charge in [0, 0.05) is 29.3 Å². The third-order valence-corrected chi connectivity index (χ3v) is 6.37. The van der Waals surface area contributed by atoms with Crippen LogP contribution in [0.1, 0.15) is 35.4 Å². The van der Waals surface area contributed by atoms with Crippen LogP contribution in [0.3, 0.4) is 0 Å². The van der Waals surface area contributed by atoms with Gasteiger partial charge in [0.25, 0.3) is 0 Å². The summed E-state index contributed by atoms with van der Waals surface area (Å²) in [4.78, 5) is 16.9. The maximum Gasteiger partial charge on any atom is 0.416 e. The molecule has 0 unspecified atom stereocenters. The van der Waals surface area contributed by atoms with Crippen molar-refractivity contribution in [3.05, 3.63) is 70.4 Å². The molecule has 0 spiro atoms. The van der Waals surface area contributed by atoms with Crippen molar-refractivity contribution in [2.45, 2.75) is 38.3 Å². The Morgan fingerprint density at radius 1 is 1.06 bits per heavy atom. The first-order valence-electron chi connectivity index (χ1n) is 10.7. The number of nitrogens with one attached hydrogen (secondary N) is 1. The summed E-state index contributed by atoms with van der Waals surface area (Å²) in [5.74, 6) is -0.130. The predicted molar refractivity (Wildman–Crippen MR) is 121 cm³/mol. The summed E-state index contributed by atoms with van der Waals surface area (Å²) in [5, 5.41) is 12.8. The van der Waals surface area contributed by atoms with Gasteiger partial charge in [-0.1, -0.05) is 18.2 Å². The average Bonchev–Trinajstić information content (AvgIpc) is 3.57. The van der Waals surface area contributed by atoms with Gasteiger partial charge in [-0.3, -0.25) is 4.79 Å². The molecule has 34 heavy (non-hydrogen) atoms. The number of carbonyl (C=O) groups is 1. The molecule has 1 amide bonds. The average molecular weight is 485 g/mol. The van der Waals surface area contributed by atoms with Crippen LogP contribution in [0.5, 0.6) is 0 Å². The quantitative estimate of drug-likeness (QED) is 0.366. The number of fused-ring (bicyclic) bond motifs is 1. The second-order valence-corrected chi connectivity index (χ2v) is 8.86. The van der Waals surface area contributed by atoms with E-state index in [4.69, 9.17) is 4.42 Å². The van der Waals surface area contributed by atoms with E-state index < -0.39 is 11.7 Å². The Labute approximate surface area is 196 Å². The van der Waals surface area contributed by atoms with E-state index in [0.29, 0.717) is 5.13 Å². The van der Waals surface area contributed by atoms with Crippen molar-refractivity contribution in [1.82, 2.24) is 15.2 Å². The molecule has 0 radical (unpaired) electrons. The van der Waals surface area contributed by atoms with Gasteiger partial charge in [-0.05, 0) is 54.7 Å². The van der Waals surface area contributed by atoms with E-state index in [1.807, 2.05) is 5.38 Å². The Balaban J connectivity index is 1.18. The SMILES string of the molecule is O=C(CCc1nnc(-c2cccc(C(F)(F)F)c2)o1)Nc1nc(-c2ccc3c(c2)CCC3)cs1. The predicted octanol–water partition coefficient (Wildman–Crippen LogP) is 5.94. The van der Waals surface area contributed by atoms with Crippen LogP contribution >= 0.6 is 11.3 Å². The first kappa shape index (κ1) is 22.3. The molecule has 0 atom stereocenters. The Hall–Kier alpha value is -3.53. The number of amides is 1. The number of aromatic nitrogens is 3.